The summed E-state index contributed by atoms with van der Waals surface area (Å²) in [5.41, 5.74) is 0.416. The summed E-state index contributed by atoms with van der Waals surface area (Å²) in [6.45, 7) is 8.25. The summed E-state index contributed by atoms with van der Waals surface area (Å²) in [4.78, 5) is 0. The fraction of sp³-hybridized carbons (Fsp3) is 1.00. The summed E-state index contributed by atoms with van der Waals surface area (Å²) < 4.78 is 12.7. The topological polar surface area (TPSA) is 30.5 Å². The van der Waals surface area contributed by atoms with E-state index in [0.29, 0.717) is 23.4 Å². The first-order valence-corrected chi connectivity index (χ1v) is 7.58. The number of hydrogen-bond acceptors (Lipinski definition) is 3. The molecule has 0 aromatic heterocycles. The zero-order chi connectivity index (χ0) is 12.5. The first kappa shape index (κ1) is 11.7. The van der Waals surface area contributed by atoms with E-state index < -0.39 is 0 Å². The zero-order valence-electron chi connectivity index (χ0n) is 11.7. The molecule has 3 aliphatic carbocycles. The van der Waals surface area contributed by atoms with Gasteiger partial charge in [0.2, 0.25) is 0 Å². The van der Waals surface area contributed by atoms with Gasteiger partial charge in [-0.2, -0.15) is 0 Å². The SMILES string of the molecule is CC1(C)C2C[C@@H]1C[C@H]1OB(C3CCCN3)O[C@@]21C. The van der Waals surface area contributed by atoms with Gasteiger partial charge in [-0.3, -0.25) is 0 Å². The van der Waals surface area contributed by atoms with E-state index in [4.69, 9.17) is 9.31 Å². The molecule has 2 aliphatic heterocycles. The van der Waals surface area contributed by atoms with Crippen molar-refractivity contribution in [3.63, 3.8) is 0 Å². The van der Waals surface area contributed by atoms with Gasteiger partial charge in [0.25, 0.3) is 0 Å². The van der Waals surface area contributed by atoms with Gasteiger partial charge in [-0.25, -0.2) is 0 Å². The maximum atomic E-state index is 6.44. The Labute approximate surface area is 110 Å². The molecule has 5 aliphatic rings. The largest absolute Gasteiger partial charge is 0.475 e. The van der Waals surface area contributed by atoms with Crippen molar-refractivity contribution in [3.05, 3.63) is 0 Å². The van der Waals surface area contributed by atoms with Crippen LogP contribution in [0.25, 0.3) is 0 Å². The lowest BCUT2D eigenvalue weighted by atomic mass is 9.43. The maximum absolute atomic E-state index is 6.44. The van der Waals surface area contributed by atoms with E-state index in [0.717, 1.165) is 12.5 Å². The van der Waals surface area contributed by atoms with Gasteiger partial charge < -0.3 is 14.6 Å². The minimum atomic E-state index is -0.0345. The van der Waals surface area contributed by atoms with Crippen LogP contribution < -0.4 is 5.32 Å². The first-order valence-electron chi connectivity index (χ1n) is 7.58. The van der Waals surface area contributed by atoms with E-state index >= 15 is 0 Å². The minimum Gasteiger partial charge on any atom is -0.404 e. The molecular formula is C14H24BNO2. The van der Waals surface area contributed by atoms with Gasteiger partial charge in [0.05, 0.1) is 11.7 Å². The Morgan fingerprint density at radius 1 is 1.22 bits per heavy atom. The van der Waals surface area contributed by atoms with Gasteiger partial charge in [-0.1, -0.05) is 13.8 Å². The van der Waals surface area contributed by atoms with Crippen LogP contribution in [0, 0.1) is 17.3 Å². The Kier molecular flexibility index (Phi) is 2.30. The molecule has 0 spiro atoms. The molecule has 0 radical (unpaired) electrons. The van der Waals surface area contributed by atoms with Crippen molar-refractivity contribution < 1.29 is 9.31 Å². The predicted molar refractivity (Wildman–Crippen MR) is 71.1 cm³/mol. The van der Waals surface area contributed by atoms with Crippen LogP contribution >= 0.6 is 0 Å². The molecule has 2 bridgehead atoms. The summed E-state index contributed by atoms with van der Waals surface area (Å²) >= 11 is 0. The average Bonchev–Trinajstić information content (AvgIpc) is 2.92. The molecule has 5 fully saturated rings. The molecule has 1 N–H and O–H groups in total. The highest BCUT2D eigenvalue weighted by Crippen LogP contribution is 2.65. The van der Waals surface area contributed by atoms with Crippen molar-refractivity contribution in [1.82, 2.24) is 5.32 Å². The van der Waals surface area contributed by atoms with Crippen LogP contribution in [0.4, 0.5) is 0 Å². The molecule has 0 aromatic carbocycles. The molecule has 2 heterocycles. The van der Waals surface area contributed by atoms with Gasteiger partial charge >= 0.3 is 7.12 Å². The fourth-order valence-electron chi connectivity index (χ4n) is 5.01. The van der Waals surface area contributed by atoms with Gasteiger partial charge in [0, 0.05) is 5.94 Å². The monoisotopic (exact) mass is 249 g/mol. The van der Waals surface area contributed by atoms with Crippen molar-refractivity contribution in [2.24, 2.45) is 17.3 Å². The Hall–Kier alpha value is -0.0551. The normalized spacial score (nSPS) is 53.2. The molecular weight excluding hydrogens is 225 g/mol. The van der Waals surface area contributed by atoms with E-state index in [1.807, 2.05) is 0 Å². The van der Waals surface area contributed by atoms with Gasteiger partial charge in [-0.05, 0) is 56.4 Å². The van der Waals surface area contributed by atoms with Crippen molar-refractivity contribution in [3.8, 4) is 0 Å². The van der Waals surface area contributed by atoms with Crippen LogP contribution in [0.3, 0.4) is 0 Å². The Bertz CT molecular complexity index is 369. The fourth-order valence-corrected chi connectivity index (χ4v) is 5.01. The number of rotatable bonds is 1. The Morgan fingerprint density at radius 3 is 2.72 bits per heavy atom. The third-order valence-corrected chi connectivity index (χ3v) is 6.40. The van der Waals surface area contributed by atoms with Crippen molar-refractivity contribution >= 4 is 7.12 Å². The van der Waals surface area contributed by atoms with Crippen LogP contribution in [0.15, 0.2) is 0 Å². The second kappa shape index (κ2) is 3.53. The van der Waals surface area contributed by atoms with Crippen molar-refractivity contribution in [2.45, 2.75) is 64.1 Å². The minimum absolute atomic E-state index is 0.00218. The second-order valence-electron chi connectivity index (χ2n) is 7.54. The summed E-state index contributed by atoms with van der Waals surface area (Å²) in [6, 6.07) is 0. The molecule has 2 saturated heterocycles. The van der Waals surface area contributed by atoms with E-state index in [-0.39, 0.29) is 12.7 Å². The highest BCUT2D eigenvalue weighted by atomic mass is 16.7. The third kappa shape index (κ3) is 1.32. The first-order chi connectivity index (χ1) is 8.52. The summed E-state index contributed by atoms with van der Waals surface area (Å²) in [5.74, 6) is 1.95. The van der Waals surface area contributed by atoms with Crippen molar-refractivity contribution in [1.29, 1.82) is 0 Å². The van der Waals surface area contributed by atoms with E-state index in [1.165, 1.54) is 25.7 Å². The van der Waals surface area contributed by atoms with Crippen LogP contribution in [0.5, 0.6) is 0 Å². The lowest BCUT2D eigenvalue weighted by Crippen LogP contribution is -2.65. The van der Waals surface area contributed by atoms with Gasteiger partial charge in [-0.15, -0.1) is 0 Å². The molecule has 0 aromatic rings. The number of hydrogen-bond donors (Lipinski definition) is 1. The third-order valence-electron chi connectivity index (χ3n) is 6.40. The second-order valence-corrected chi connectivity index (χ2v) is 7.54. The summed E-state index contributed by atoms with van der Waals surface area (Å²) in [6.07, 6.45) is 5.33. The Morgan fingerprint density at radius 2 is 2.06 bits per heavy atom. The van der Waals surface area contributed by atoms with Crippen LogP contribution in [0.2, 0.25) is 0 Å². The van der Waals surface area contributed by atoms with Crippen molar-refractivity contribution in [2.75, 3.05) is 6.54 Å². The lowest BCUT2D eigenvalue weighted by molar-refractivity contribution is -0.199. The van der Waals surface area contributed by atoms with E-state index in [1.54, 1.807) is 0 Å². The molecule has 5 rings (SSSR count). The quantitative estimate of drug-likeness (QED) is 0.721. The smallest absolute Gasteiger partial charge is 0.404 e. The Balaban J connectivity index is 1.57. The summed E-state index contributed by atoms with van der Waals surface area (Å²) in [5, 5.41) is 3.52. The van der Waals surface area contributed by atoms with E-state index in [9.17, 15) is 0 Å². The molecule has 3 saturated carbocycles. The molecule has 100 valence electrons. The standard InChI is InChI=1S/C14H24BNO2/c1-13(2)9-7-10(13)14(3)11(8-9)17-15(18-14)12-5-4-6-16-12/h9-12,16H,4-8H2,1-3H3/t9-,10?,11-,12?,14+/m1/s1. The van der Waals surface area contributed by atoms with E-state index in [2.05, 4.69) is 26.1 Å². The predicted octanol–water partition coefficient (Wildman–Crippen LogP) is 2.01. The van der Waals surface area contributed by atoms with Gasteiger partial charge in [0.1, 0.15) is 0 Å². The van der Waals surface area contributed by atoms with Crippen LogP contribution in [-0.2, 0) is 9.31 Å². The summed E-state index contributed by atoms with van der Waals surface area (Å²) in [7, 11) is -0.00218. The van der Waals surface area contributed by atoms with Crippen LogP contribution in [-0.4, -0.2) is 31.3 Å². The molecule has 5 atom stereocenters. The molecule has 4 heteroatoms. The molecule has 2 unspecified atom stereocenters. The zero-order valence-corrected chi connectivity index (χ0v) is 11.7. The highest BCUT2D eigenvalue weighted by Gasteiger charge is 2.68. The maximum Gasteiger partial charge on any atom is 0.475 e. The lowest BCUT2D eigenvalue weighted by Gasteiger charge is -2.64. The van der Waals surface area contributed by atoms with Gasteiger partial charge in [0.15, 0.2) is 0 Å². The molecule has 18 heavy (non-hydrogen) atoms. The number of nitrogens with one attached hydrogen (secondary N) is 1. The molecule has 0 amide bonds. The van der Waals surface area contributed by atoms with Crippen LogP contribution in [0.1, 0.15) is 46.5 Å². The highest BCUT2D eigenvalue weighted by molar-refractivity contribution is 6.47. The average molecular weight is 249 g/mol. The molecule has 3 nitrogen and oxygen atoms in total.